The summed E-state index contributed by atoms with van der Waals surface area (Å²) >= 11 is 0. The number of nitrogens with one attached hydrogen (secondary N) is 2. The van der Waals surface area contributed by atoms with Gasteiger partial charge in [0.05, 0.1) is 6.04 Å². The second-order valence-corrected chi connectivity index (χ2v) is 9.59. The van der Waals surface area contributed by atoms with Gasteiger partial charge in [-0.25, -0.2) is 0 Å². The quantitative estimate of drug-likeness (QED) is 0.594. The molecular weight excluding hydrogens is 403 g/mol. The van der Waals surface area contributed by atoms with E-state index < -0.39 is 42.0 Å². The lowest BCUT2D eigenvalue weighted by atomic mass is 9.98. The highest BCUT2D eigenvalue weighted by Crippen LogP contribution is 2.65. The van der Waals surface area contributed by atoms with Crippen LogP contribution in [0.5, 0.6) is 0 Å². The summed E-state index contributed by atoms with van der Waals surface area (Å²) in [6.45, 7) is 7.75. The summed E-state index contributed by atoms with van der Waals surface area (Å²) in [4.78, 5) is 50.2. The Morgan fingerprint density at radius 3 is 2.20 bits per heavy atom. The predicted octanol–water partition coefficient (Wildman–Crippen LogP) is 1.27. The molecule has 0 bridgehead atoms. The Morgan fingerprint density at radius 1 is 1.13 bits per heavy atom. The van der Waals surface area contributed by atoms with Gasteiger partial charge in [-0.15, -0.1) is 0 Å². The van der Waals surface area contributed by atoms with Gasteiger partial charge in [0.1, 0.15) is 18.4 Å². The number of nitrogens with zero attached hydrogens (tertiary/aromatic N) is 1. The van der Waals surface area contributed by atoms with Gasteiger partial charge >= 0.3 is 12.1 Å². The van der Waals surface area contributed by atoms with Gasteiger partial charge in [0, 0.05) is 6.54 Å². The van der Waals surface area contributed by atoms with Crippen LogP contribution < -0.4 is 10.6 Å². The molecule has 2 aliphatic carbocycles. The fraction of sp³-hybridized carbons (Fsp3) is 0.800. The van der Waals surface area contributed by atoms with E-state index in [-0.39, 0.29) is 35.6 Å². The molecule has 1 heterocycles. The lowest BCUT2D eigenvalue weighted by Crippen LogP contribution is -2.58. The summed E-state index contributed by atoms with van der Waals surface area (Å²) in [6, 6.07) is -2.90. The molecule has 168 valence electrons. The van der Waals surface area contributed by atoms with Crippen LogP contribution in [0.25, 0.3) is 0 Å². The Hall–Kier alpha value is -2.13. The van der Waals surface area contributed by atoms with Crippen molar-refractivity contribution in [3.63, 3.8) is 0 Å². The number of likely N-dealkylation sites (tertiary alicyclic amines) is 1. The van der Waals surface area contributed by atoms with Crippen LogP contribution in [0.15, 0.2) is 0 Å². The smallest absolute Gasteiger partial charge is 0.345 e. The molecule has 30 heavy (non-hydrogen) atoms. The Balaban J connectivity index is 1.80. The van der Waals surface area contributed by atoms with Crippen molar-refractivity contribution in [2.75, 3.05) is 6.54 Å². The minimum absolute atomic E-state index is 0.0455. The van der Waals surface area contributed by atoms with Crippen molar-refractivity contribution in [2.24, 2.45) is 29.1 Å². The maximum atomic E-state index is 13.2. The average molecular weight is 431 g/mol. The molecule has 0 aromatic carbocycles. The Kier molecular flexibility index (Phi) is 5.66. The molecule has 0 spiro atoms. The van der Waals surface area contributed by atoms with E-state index in [1.807, 2.05) is 19.2 Å². The third-order valence-corrected chi connectivity index (χ3v) is 6.84. The van der Waals surface area contributed by atoms with Gasteiger partial charge in [-0.05, 0) is 41.9 Å². The first-order chi connectivity index (χ1) is 13.8. The zero-order chi connectivity index (χ0) is 22.6. The molecule has 10 heteroatoms. The van der Waals surface area contributed by atoms with Gasteiger partial charge in [0.15, 0.2) is 0 Å². The van der Waals surface area contributed by atoms with E-state index in [4.69, 9.17) is 0 Å². The monoisotopic (exact) mass is 431 g/mol. The molecule has 1 saturated heterocycles. The first kappa shape index (κ1) is 22.6. The molecule has 2 saturated carbocycles. The van der Waals surface area contributed by atoms with E-state index in [9.17, 15) is 32.3 Å². The van der Waals surface area contributed by atoms with Crippen LogP contribution in [0.1, 0.15) is 40.5 Å². The molecule has 1 aliphatic heterocycles. The second kappa shape index (κ2) is 7.53. The number of hydrogen-bond acceptors (Lipinski definition) is 4. The molecule has 0 aromatic heterocycles. The van der Waals surface area contributed by atoms with Crippen LogP contribution in [-0.2, 0) is 19.2 Å². The fourth-order valence-electron chi connectivity index (χ4n) is 4.63. The highest BCUT2D eigenvalue weighted by atomic mass is 19.4. The number of carbonyl (C=O) groups excluding carboxylic acids is 4. The van der Waals surface area contributed by atoms with Crippen LogP contribution in [0.4, 0.5) is 13.2 Å². The summed E-state index contributed by atoms with van der Waals surface area (Å²) in [7, 11) is 0. The Morgan fingerprint density at radius 2 is 1.73 bits per heavy atom. The van der Waals surface area contributed by atoms with Crippen molar-refractivity contribution >= 4 is 24.0 Å². The highest BCUT2D eigenvalue weighted by Gasteiger charge is 2.70. The Labute approximate surface area is 173 Å². The number of aldehydes is 1. The summed E-state index contributed by atoms with van der Waals surface area (Å²) < 4.78 is 38.2. The van der Waals surface area contributed by atoms with E-state index in [0.29, 0.717) is 19.1 Å². The first-order valence-electron chi connectivity index (χ1n) is 10.2. The molecule has 2 N–H and O–H groups in total. The van der Waals surface area contributed by atoms with Crippen molar-refractivity contribution in [3.05, 3.63) is 0 Å². The normalized spacial score (nSPS) is 29.1. The number of alkyl halides is 3. The number of piperidine rings is 1. The van der Waals surface area contributed by atoms with Crippen LogP contribution in [0, 0.1) is 29.1 Å². The molecule has 7 nitrogen and oxygen atoms in total. The average Bonchev–Trinajstić information content (AvgIpc) is 3.50. The summed E-state index contributed by atoms with van der Waals surface area (Å²) in [5, 5.41) is 4.50. The number of carbonyl (C=O) groups is 4. The zero-order valence-corrected chi connectivity index (χ0v) is 17.5. The van der Waals surface area contributed by atoms with Crippen LogP contribution >= 0.6 is 0 Å². The standard InChI is InChI=1S/C20H28F3N3O4/c1-9(2)12(8-27)24-16(28)15-13-11(19(13,3)4)7-26(15)17(29)14(10-5-6-10)25-18(30)20(21,22)23/h8-15H,5-7H2,1-4H3,(H,24,28)(H,25,30)/t11-,12+,13-,14-,15-/m0/s1. The van der Waals surface area contributed by atoms with E-state index >= 15 is 0 Å². The minimum Gasteiger partial charge on any atom is -0.345 e. The van der Waals surface area contributed by atoms with Gasteiger partial charge in [0.25, 0.3) is 0 Å². The number of amides is 3. The molecular formula is C20H28F3N3O4. The van der Waals surface area contributed by atoms with Gasteiger partial charge < -0.3 is 20.3 Å². The molecule has 0 aromatic rings. The molecule has 3 fully saturated rings. The lowest BCUT2D eigenvalue weighted by Gasteiger charge is -2.34. The Bertz CT molecular complexity index is 748. The third-order valence-electron chi connectivity index (χ3n) is 6.84. The van der Waals surface area contributed by atoms with Gasteiger partial charge in [-0.2, -0.15) is 13.2 Å². The number of halogens is 3. The minimum atomic E-state index is -5.09. The molecule has 3 amide bonds. The molecule has 0 unspecified atom stereocenters. The highest BCUT2D eigenvalue weighted by molar-refractivity contribution is 5.95. The summed E-state index contributed by atoms with van der Waals surface area (Å²) in [5.74, 6) is -3.90. The second-order valence-electron chi connectivity index (χ2n) is 9.59. The molecule has 3 rings (SSSR count). The van der Waals surface area contributed by atoms with E-state index in [2.05, 4.69) is 5.32 Å². The number of fused-ring (bicyclic) bond motifs is 1. The third kappa shape index (κ3) is 4.05. The first-order valence-corrected chi connectivity index (χ1v) is 10.2. The van der Waals surface area contributed by atoms with Crippen molar-refractivity contribution < 1.29 is 32.3 Å². The maximum absolute atomic E-state index is 13.2. The SMILES string of the molecule is CC(C)[C@@H](C=O)NC(=O)[C@@H]1[C@@H]2[C@H](CN1C(=O)[C@@H](NC(=O)C(F)(F)F)C1CC1)C2(C)C. The van der Waals surface area contributed by atoms with E-state index in [1.165, 1.54) is 4.90 Å². The summed E-state index contributed by atoms with van der Waals surface area (Å²) in [5.41, 5.74) is -0.183. The van der Waals surface area contributed by atoms with Crippen molar-refractivity contribution in [1.29, 1.82) is 0 Å². The van der Waals surface area contributed by atoms with Crippen molar-refractivity contribution in [3.8, 4) is 0 Å². The predicted molar refractivity (Wildman–Crippen MR) is 99.8 cm³/mol. The zero-order valence-electron chi connectivity index (χ0n) is 17.5. The van der Waals surface area contributed by atoms with Gasteiger partial charge in [-0.1, -0.05) is 27.7 Å². The topological polar surface area (TPSA) is 95.6 Å². The van der Waals surface area contributed by atoms with Crippen LogP contribution in [-0.4, -0.2) is 59.8 Å². The van der Waals surface area contributed by atoms with Crippen LogP contribution in [0.3, 0.4) is 0 Å². The van der Waals surface area contributed by atoms with E-state index in [0.717, 1.165) is 0 Å². The van der Waals surface area contributed by atoms with Crippen molar-refractivity contribution in [2.45, 2.75) is 64.8 Å². The van der Waals surface area contributed by atoms with Crippen molar-refractivity contribution in [1.82, 2.24) is 15.5 Å². The lowest BCUT2D eigenvalue weighted by molar-refractivity contribution is -0.175. The maximum Gasteiger partial charge on any atom is 0.471 e. The van der Waals surface area contributed by atoms with Gasteiger partial charge in [-0.3, -0.25) is 14.4 Å². The molecule has 0 radical (unpaired) electrons. The van der Waals surface area contributed by atoms with E-state index in [1.54, 1.807) is 13.8 Å². The van der Waals surface area contributed by atoms with Gasteiger partial charge in [0.2, 0.25) is 11.8 Å². The van der Waals surface area contributed by atoms with Crippen LogP contribution in [0.2, 0.25) is 0 Å². The fourth-order valence-corrected chi connectivity index (χ4v) is 4.63. The molecule has 5 atom stereocenters. The number of hydrogen-bond donors (Lipinski definition) is 2. The number of rotatable bonds is 7. The summed E-state index contributed by atoms with van der Waals surface area (Å²) in [6.07, 6.45) is -3.38. The molecule has 3 aliphatic rings. The largest absolute Gasteiger partial charge is 0.471 e.